The van der Waals surface area contributed by atoms with Gasteiger partial charge in [0.15, 0.2) is 0 Å². The van der Waals surface area contributed by atoms with E-state index >= 15 is 0 Å². The van der Waals surface area contributed by atoms with Crippen LogP contribution in [-0.4, -0.2) is 23.5 Å². The molecule has 1 amide bonds. The summed E-state index contributed by atoms with van der Waals surface area (Å²) in [6.07, 6.45) is 0.693. The Labute approximate surface area is 72.0 Å². The number of rotatable bonds is 4. The molecule has 70 valence electrons. The number of nitrogens with one attached hydrogen (secondary N) is 1. The molecule has 0 aliphatic heterocycles. The van der Waals surface area contributed by atoms with Gasteiger partial charge in [0.1, 0.15) is 6.54 Å². The SMILES string of the molecule is CCC(C)(C)C(=O)NCC(=O)O. The fourth-order valence-corrected chi connectivity index (χ4v) is 0.556. The van der Waals surface area contributed by atoms with Gasteiger partial charge in [0.2, 0.25) is 5.91 Å². The van der Waals surface area contributed by atoms with Crippen molar-refractivity contribution >= 4 is 11.9 Å². The summed E-state index contributed by atoms with van der Waals surface area (Å²) < 4.78 is 0. The van der Waals surface area contributed by atoms with Gasteiger partial charge in [-0.1, -0.05) is 20.8 Å². The Morgan fingerprint density at radius 3 is 2.25 bits per heavy atom. The second-order valence-corrected chi connectivity index (χ2v) is 3.31. The van der Waals surface area contributed by atoms with Crippen LogP contribution in [0.25, 0.3) is 0 Å². The quantitative estimate of drug-likeness (QED) is 0.655. The van der Waals surface area contributed by atoms with Crippen molar-refractivity contribution in [2.75, 3.05) is 6.54 Å². The minimum Gasteiger partial charge on any atom is -0.480 e. The number of carbonyl (C=O) groups excluding carboxylic acids is 1. The summed E-state index contributed by atoms with van der Waals surface area (Å²) in [5, 5.41) is 10.6. The number of hydrogen-bond acceptors (Lipinski definition) is 2. The van der Waals surface area contributed by atoms with E-state index in [0.717, 1.165) is 0 Å². The van der Waals surface area contributed by atoms with Gasteiger partial charge in [-0.2, -0.15) is 0 Å². The first-order valence-corrected chi connectivity index (χ1v) is 3.90. The third kappa shape index (κ3) is 3.37. The van der Waals surface area contributed by atoms with Gasteiger partial charge in [0.05, 0.1) is 0 Å². The first-order valence-electron chi connectivity index (χ1n) is 3.90. The lowest BCUT2D eigenvalue weighted by atomic mass is 9.89. The molecule has 0 spiro atoms. The fourth-order valence-electron chi connectivity index (χ4n) is 0.556. The largest absolute Gasteiger partial charge is 0.480 e. The fraction of sp³-hybridized carbons (Fsp3) is 0.750. The minimum atomic E-state index is -1.02. The molecule has 4 heteroatoms. The maximum Gasteiger partial charge on any atom is 0.322 e. The maximum absolute atomic E-state index is 11.2. The number of carbonyl (C=O) groups is 2. The minimum absolute atomic E-state index is 0.215. The van der Waals surface area contributed by atoms with E-state index in [4.69, 9.17) is 5.11 Å². The van der Waals surface area contributed by atoms with E-state index in [1.807, 2.05) is 6.92 Å². The molecule has 0 aliphatic rings. The van der Waals surface area contributed by atoms with Crippen molar-refractivity contribution in [1.29, 1.82) is 0 Å². The van der Waals surface area contributed by atoms with Crippen LogP contribution < -0.4 is 5.32 Å². The summed E-state index contributed by atoms with van der Waals surface area (Å²) in [4.78, 5) is 21.3. The summed E-state index contributed by atoms with van der Waals surface area (Å²) in [6, 6.07) is 0. The molecule has 0 rings (SSSR count). The zero-order valence-electron chi connectivity index (χ0n) is 7.68. The lowest BCUT2D eigenvalue weighted by Crippen LogP contribution is -2.39. The molecular formula is C8H15NO3. The van der Waals surface area contributed by atoms with Gasteiger partial charge in [0.25, 0.3) is 0 Å². The average molecular weight is 173 g/mol. The van der Waals surface area contributed by atoms with Gasteiger partial charge in [0, 0.05) is 5.41 Å². The highest BCUT2D eigenvalue weighted by atomic mass is 16.4. The predicted molar refractivity (Wildman–Crippen MR) is 44.7 cm³/mol. The van der Waals surface area contributed by atoms with Gasteiger partial charge in [-0.3, -0.25) is 9.59 Å². The normalized spacial score (nSPS) is 10.9. The van der Waals surface area contributed by atoms with E-state index in [0.29, 0.717) is 6.42 Å². The first kappa shape index (κ1) is 10.9. The van der Waals surface area contributed by atoms with Gasteiger partial charge in [-0.15, -0.1) is 0 Å². The molecule has 0 saturated heterocycles. The lowest BCUT2D eigenvalue weighted by molar-refractivity contribution is -0.139. The van der Waals surface area contributed by atoms with Crippen LogP contribution in [0.1, 0.15) is 27.2 Å². The van der Waals surface area contributed by atoms with Crippen LogP contribution in [0.3, 0.4) is 0 Å². The molecule has 0 bridgehead atoms. The van der Waals surface area contributed by atoms with Gasteiger partial charge in [-0.05, 0) is 6.42 Å². The average Bonchev–Trinajstić information content (AvgIpc) is 2.00. The summed E-state index contributed by atoms with van der Waals surface area (Å²) >= 11 is 0. The monoisotopic (exact) mass is 173 g/mol. The molecule has 4 nitrogen and oxygen atoms in total. The Hall–Kier alpha value is -1.06. The molecule has 0 aliphatic carbocycles. The molecule has 0 unspecified atom stereocenters. The number of amides is 1. The van der Waals surface area contributed by atoms with Crippen molar-refractivity contribution in [1.82, 2.24) is 5.32 Å². The first-order chi connectivity index (χ1) is 5.40. The number of hydrogen-bond donors (Lipinski definition) is 2. The summed E-state index contributed by atoms with van der Waals surface area (Å²) in [6.45, 7) is 5.15. The van der Waals surface area contributed by atoms with Crippen LogP contribution in [0, 0.1) is 5.41 Å². The Kier molecular flexibility index (Phi) is 3.73. The van der Waals surface area contributed by atoms with Gasteiger partial charge in [-0.25, -0.2) is 0 Å². The van der Waals surface area contributed by atoms with E-state index in [1.165, 1.54) is 0 Å². The van der Waals surface area contributed by atoms with Crippen LogP contribution in [0.5, 0.6) is 0 Å². The summed E-state index contributed by atoms with van der Waals surface area (Å²) in [5.41, 5.74) is -0.477. The van der Waals surface area contributed by atoms with E-state index in [9.17, 15) is 9.59 Å². The molecule has 0 aromatic heterocycles. The van der Waals surface area contributed by atoms with Crippen molar-refractivity contribution in [3.63, 3.8) is 0 Å². The molecule has 0 aromatic carbocycles. The van der Waals surface area contributed by atoms with E-state index in [1.54, 1.807) is 13.8 Å². The Balaban J connectivity index is 3.96. The van der Waals surface area contributed by atoms with E-state index < -0.39 is 11.4 Å². The number of aliphatic carboxylic acids is 1. The zero-order chi connectivity index (χ0) is 9.78. The topological polar surface area (TPSA) is 66.4 Å². The van der Waals surface area contributed by atoms with Crippen molar-refractivity contribution in [3.8, 4) is 0 Å². The third-order valence-corrected chi connectivity index (χ3v) is 1.90. The van der Waals surface area contributed by atoms with Crippen molar-refractivity contribution in [2.24, 2.45) is 5.41 Å². The molecule has 0 radical (unpaired) electrons. The zero-order valence-corrected chi connectivity index (χ0v) is 7.68. The second-order valence-electron chi connectivity index (χ2n) is 3.31. The van der Waals surface area contributed by atoms with Crippen LogP contribution >= 0.6 is 0 Å². The Morgan fingerprint density at radius 1 is 1.42 bits per heavy atom. The van der Waals surface area contributed by atoms with E-state index in [-0.39, 0.29) is 12.5 Å². The molecular weight excluding hydrogens is 158 g/mol. The van der Waals surface area contributed by atoms with Crippen molar-refractivity contribution < 1.29 is 14.7 Å². The van der Waals surface area contributed by atoms with Crippen LogP contribution in [0.2, 0.25) is 0 Å². The van der Waals surface area contributed by atoms with Crippen molar-refractivity contribution in [2.45, 2.75) is 27.2 Å². The highest BCUT2D eigenvalue weighted by Gasteiger charge is 2.24. The van der Waals surface area contributed by atoms with Crippen LogP contribution in [-0.2, 0) is 9.59 Å². The molecule has 0 fully saturated rings. The standard InChI is InChI=1S/C8H15NO3/c1-4-8(2,3)7(12)9-5-6(10)11/h4-5H2,1-3H3,(H,9,12)(H,10,11). The molecule has 0 aromatic rings. The highest BCUT2D eigenvalue weighted by molar-refractivity contribution is 5.85. The molecule has 12 heavy (non-hydrogen) atoms. The Bertz CT molecular complexity index is 187. The van der Waals surface area contributed by atoms with Crippen molar-refractivity contribution in [3.05, 3.63) is 0 Å². The molecule has 0 saturated carbocycles. The predicted octanol–water partition coefficient (Wildman–Crippen LogP) is 0.623. The second kappa shape index (κ2) is 4.09. The summed E-state index contributed by atoms with van der Waals surface area (Å²) in [5.74, 6) is -1.23. The molecule has 0 atom stereocenters. The summed E-state index contributed by atoms with van der Waals surface area (Å²) in [7, 11) is 0. The maximum atomic E-state index is 11.2. The van der Waals surface area contributed by atoms with Crippen LogP contribution in [0.15, 0.2) is 0 Å². The smallest absolute Gasteiger partial charge is 0.322 e. The number of carboxylic acid groups (broad SMARTS) is 1. The Morgan fingerprint density at radius 2 is 1.92 bits per heavy atom. The van der Waals surface area contributed by atoms with Gasteiger partial charge < -0.3 is 10.4 Å². The number of carboxylic acids is 1. The van der Waals surface area contributed by atoms with Crippen LogP contribution in [0.4, 0.5) is 0 Å². The van der Waals surface area contributed by atoms with Gasteiger partial charge >= 0.3 is 5.97 Å². The lowest BCUT2D eigenvalue weighted by Gasteiger charge is -2.20. The van der Waals surface area contributed by atoms with E-state index in [2.05, 4.69) is 5.32 Å². The highest BCUT2D eigenvalue weighted by Crippen LogP contribution is 2.18. The third-order valence-electron chi connectivity index (χ3n) is 1.90. The molecule has 0 heterocycles. The molecule has 2 N–H and O–H groups in total.